The number of likely N-dealkylation sites (tertiary alicyclic amines) is 1. The van der Waals surface area contributed by atoms with E-state index in [0.29, 0.717) is 13.0 Å². The van der Waals surface area contributed by atoms with Gasteiger partial charge in [0.05, 0.1) is 6.54 Å². The molecule has 0 saturated carbocycles. The molecule has 13 heavy (non-hydrogen) atoms. The van der Waals surface area contributed by atoms with Crippen LogP contribution < -0.4 is 0 Å². The molecule has 0 aromatic carbocycles. The summed E-state index contributed by atoms with van der Waals surface area (Å²) in [6.45, 7) is 3.84. The lowest BCUT2D eigenvalue weighted by atomic mass is 10.1. The van der Waals surface area contributed by atoms with E-state index in [1.54, 1.807) is 4.90 Å². The number of nitrogens with zero attached hydrogens (tertiary/aromatic N) is 1. The van der Waals surface area contributed by atoms with Crippen LogP contribution in [-0.4, -0.2) is 29.2 Å². The van der Waals surface area contributed by atoms with Gasteiger partial charge in [-0.1, -0.05) is 6.42 Å². The van der Waals surface area contributed by atoms with E-state index in [-0.39, 0.29) is 17.7 Å². The molecule has 1 unspecified atom stereocenters. The minimum Gasteiger partial charge on any atom is -0.333 e. The van der Waals surface area contributed by atoms with Gasteiger partial charge in [-0.15, -0.1) is 0 Å². The predicted molar refractivity (Wildman–Crippen MR) is 50.3 cm³/mol. The molecule has 1 fully saturated rings. The molecule has 1 amide bonds. The molecular weight excluding hydrogens is 166 g/mol. The summed E-state index contributed by atoms with van der Waals surface area (Å²) in [6, 6.07) is 0.235. The molecule has 0 aromatic rings. The Morgan fingerprint density at radius 3 is 2.85 bits per heavy atom. The standard InChI is InChI=1S/C10H17NO2/c1-8-5-3-4-6-10(13)11(8)7-9(2)12/h8H,3-7H2,1-2H3. The monoisotopic (exact) mass is 183 g/mol. The fourth-order valence-corrected chi connectivity index (χ4v) is 1.75. The van der Waals surface area contributed by atoms with Crippen LogP contribution in [0.3, 0.4) is 0 Å². The van der Waals surface area contributed by atoms with Gasteiger partial charge in [-0.2, -0.15) is 0 Å². The third-order valence-electron chi connectivity index (χ3n) is 2.51. The highest BCUT2D eigenvalue weighted by Gasteiger charge is 2.23. The Morgan fingerprint density at radius 1 is 1.54 bits per heavy atom. The van der Waals surface area contributed by atoms with Crippen LogP contribution in [0.25, 0.3) is 0 Å². The third-order valence-corrected chi connectivity index (χ3v) is 2.51. The van der Waals surface area contributed by atoms with Gasteiger partial charge < -0.3 is 4.90 Å². The molecule has 1 heterocycles. The molecule has 0 spiro atoms. The zero-order valence-electron chi connectivity index (χ0n) is 8.38. The molecule has 0 aromatic heterocycles. The largest absolute Gasteiger partial charge is 0.333 e. The Hall–Kier alpha value is -0.860. The smallest absolute Gasteiger partial charge is 0.223 e. The van der Waals surface area contributed by atoms with Gasteiger partial charge in [-0.3, -0.25) is 9.59 Å². The zero-order chi connectivity index (χ0) is 9.84. The van der Waals surface area contributed by atoms with Crippen molar-refractivity contribution >= 4 is 11.7 Å². The van der Waals surface area contributed by atoms with Gasteiger partial charge in [-0.05, 0) is 26.7 Å². The van der Waals surface area contributed by atoms with Gasteiger partial charge in [0.15, 0.2) is 0 Å². The summed E-state index contributed by atoms with van der Waals surface area (Å²) in [5.41, 5.74) is 0. The fourth-order valence-electron chi connectivity index (χ4n) is 1.75. The summed E-state index contributed by atoms with van der Waals surface area (Å²) in [4.78, 5) is 24.2. The van der Waals surface area contributed by atoms with Crippen LogP contribution in [0.4, 0.5) is 0 Å². The quantitative estimate of drug-likeness (QED) is 0.648. The van der Waals surface area contributed by atoms with Crippen LogP contribution >= 0.6 is 0 Å². The summed E-state index contributed by atoms with van der Waals surface area (Å²) < 4.78 is 0. The van der Waals surface area contributed by atoms with Crippen LogP contribution in [0.2, 0.25) is 0 Å². The van der Waals surface area contributed by atoms with E-state index in [0.717, 1.165) is 19.3 Å². The van der Waals surface area contributed by atoms with Crippen LogP contribution in [0.5, 0.6) is 0 Å². The van der Waals surface area contributed by atoms with Crippen LogP contribution in [0, 0.1) is 0 Å². The lowest BCUT2D eigenvalue weighted by Gasteiger charge is -2.25. The van der Waals surface area contributed by atoms with Crippen LogP contribution in [0.15, 0.2) is 0 Å². The summed E-state index contributed by atoms with van der Waals surface area (Å²) in [7, 11) is 0. The van der Waals surface area contributed by atoms with E-state index in [2.05, 4.69) is 0 Å². The van der Waals surface area contributed by atoms with Crippen molar-refractivity contribution in [1.82, 2.24) is 4.90 Å². The molecule has 3 nitrogen and oxygen atoms in total. The Bertz CT molecular complexity index is 213. The Labute approximate surface area is 79.1 Å². The van der Waals surface area contributed by atoms with Crippen molar-refractivity contribution in [3.8, 4) is 0 Å². The van der Waals surface area contributed by atoms with Crippen molar-refractivity contribution in [3.05, 3.63) is 0 Å². The number of ketones is 1. The van der Waals surface area contributed by atoms with E-state index in [4.69, 9.17) is 0 Å². The highest BCUT2D eigenvalue weighted by molar-refractivity contribution is 5.84. The summed E-state index contributed by atoms with van der Waals surface area (Å²) >= 11 is 0. The second-order valence-electron chi connectivity index (χ2n) is 3.82. The first-order chi connectivity index (χ1) is 6.11. The summed E-state index contributed by atoms with van der Waals surface area (Å²) in [5.74, 6) is 0.210. The zero-order valence-corrected chi connectivity index (χ0v) is 8.38. The number of hydrogen-bond donors (Lipinski definition) is 0. The first-order valence-electron chi connectivity index (χ1n) is 4.90. The fraction of sp³-hybridized carbons (Fsp3) is 0.800. The lowest BCUT2D eigenvalue weighted by Crippen LogP contribution is -2.40. The second-order valence-corrected chi connectivity index (χ2v) is 3.82. The summed E-state index contributed by atoms with van der Waals surface area (Å²) in [6.07, 6.45) is 3.70. The van der Waals surface area contributed by atoms with Gasteiger partial charge in [-0.25, -0.2) is 0 Å². The number of rotatable bonds is 2. The molecular formula is C10H17NO2. The molecule has 0 bridgehead atoms. The number of carbonyl (C=O) groups is 2. The first kappa shape index (κ1) is 10.2. The molecule has 1 atom stereocenters. The van der Waals surface area contributed by atoms with E-state index in [1.165, 1.54) is 6.92 Å². The Kier molecular flexibility index (Phi) is 3.46. The second kappa shape index (κ2) is 4.40. The van der Waals surface area contributed by atoms with Gasteiger partial charge in [0.1, 0.15) is 5.78 Å². The van der Waals surface area contributed by atoms with E-state index in [9.17, 15) is 9.59 Å². The topological polar surface area (TPSA) is 37.4 Å². The molecule has 3 heteroatoms. The van der Waals surface area contributed by atoms with Crippen LogP contribution in [0.1, 0.15) is 39.5 Å². The molecule has 1 aliphatic rings. The average Bonchev–Trinajstić information content (AvgIpc) is 2.18. The maximum absolute atomic E-state index is 11.5. The van der Waals surface area contributed by atoms with Gasteiger partial charge in [0.2, 0.25) is 5.91 Å². The van der Waals surface area contributed by atoms with E-state index in [1.807, 2.05) is 6.92 Å². The van der Waals surface area contributed by atoms with Gasteiger partial charge >= 0.3 is 0 Å². The third kappa shape index (κ3) is 2.83. The Morgan fingerprint density at radius 2 is 2.23 bits per heavy atom. The van der Waals surface area contributed by atoms with Crippen molar-refractivity contribution in [2.45, 2.75) is 45.6 Å². The maximum Gasteiger partial charge on any atom is 0.223 e. The maximum atomic E-state index is 11.5. The van der Waals surface area contributed by atoms with E-state index >= 15 is 0 Å². The van der Waals surface area contributed by atoms with Crippen molar-refractivity contribution < 1.29 is 9.59 Å². The molecule has 1 rings (SSSR count). The number of amides is 1. The Balaban J connectivity index is 2.63. The first-order valence-corrected chi connectivity index (χ1v) is 4.90. The predicted octanol–water partition coefficient (Wildman–Crippen LogP) is 1.37. The molecule has 1 saturated heterocycles. The van der Waals surface area contributed by atoms with Gasteiger partial charge in [0.25, 0.3) is 0 Å². The SMILES string of the molecule is CC(=O)CN1C(=O)CCCCC1C. The number of hydrogen-bond acceptors (Lipinski definition) is 2. The van der Waals surface area contributed by atoms with Crippen molar-refractivity contribution in [2.75, 3.05) is 6.54 Å². The van der Waals surface area contributed by atoms with Crippen molar-refractivity contribution in [1.29, 1.82) is 0 Å². The number of carbonyl (C=O) groups excluding carboxylic acids is 2. The highest BCUT2D eigenvalue weighted by atomic mass is 16.2. The minimum atomic E-state index is 0.0714. The van der Waals surface area contributed by atoms with E-state index < -0.39 is 0 Å². The van der Waals surface area contributed by atoms with Crippen molar-refractivity contribution in [3.63, 3.8) is 0 Å². The molecule has 0 radical (unpaired) electrons. The highest BCUT2D eigenvalue weighted by Crippen LogP contribution is 2.16. The molecule has 0 aliphatic carbocycles. The summed E-state index contributed by atoms with van der Waals surface area (Å²) in [5, 5.41) is 0. The normalized spacial score (nSPS) is 24.3. The number of Topliss-reactive ketones (excluding diaryl/α,β-unsaturated/α-hetero) is 1. The molecule has 0 N–H and O–H groups in total. The minimum absolute atomic E-state index is 0.0714. The average molecular weight is 183 g/mol. The van der Waals surface area contributed by atoms with Gasteiger partial charge in [0, 0.05) is 12.5 Å². The van der Waals surface area contributed by atoms with Crippen molar-refractivity contribution in [2.24, 2.45) is 0 Å². The molecule has 1 aliphatic heterocycles. The van der Waals surface area contributed by atoms with Crippen LogP contribution in [-0.2, 0) is 9.59 Å². The molecule has 74 valence electrons. The lowest BCUT2D eigenvalue weighted by molar-refractivity contribution is -0.136.